The van der Waals surface area contributed by atoms with Crippen molar-refractivity contribution in [1.29, 1.82) is 0 Å². The molecule has 0 saturated carbocycles. The van der Waals surface area contributed by atoms with Gasteiger partial charge < -0.3 is 17.9 Å². The zero-order chi connectivity index (χ0) is 31.1. The Morgan fingerprint density at radius 3 is 1.66 bits per heavy atom. The van der Waals surface area contributed by atoms with Crippen LogP contribution in [0.5, 0.6) is 0 Å². The Morgan fingerprint density at radius 1 is 0.805 bits per heavy atom. The Kier molecular flexibility index (Phi) is 12.6. The van der Waals surface area contributed by atoms with Gasteiger partial charge in [-0.3, -0.25) is 9.36 Å². The maximum atomic E-state index is 13.4. The number of ketones is 1. The molecule has 6 nitrogen and oxygen atoms in total. The van der Waals surface area contributed by atoms with E-state index in [-0.39, 0.29) is 27.9 Å². The molecule has 2 aromatic carbocycles. The quantitative estimate of drug-likeness (QED) is 0.154. The number of hydrogen-bond donors (Lipinski definition) is 0. The normalized spacial score (nSPS) is 15.0. The van der Waals surface area contributed by atoms with Crippen LogP contribution in [0.4, 0.5) is 0 Å². The van der Waals surface area contributed by atoms with Gasteiger partial charge in [-0.05, 0) is 45.9 Å². The molecule has 0 aliphatic carbocycles. The van der Waals surface area contributed by atoms with Gasteiger partial charge in [-0.2, -0.15) is 0 Å². The third-order valence-corrected chi connectivity index (χ3v) is 20.2. The molecule has 0 heterocycles. The van der Waals surface area contributed by atoms with Crippen LogP contribution in [0, 0.1) is 11.8 Å². The van der Waals surface area contributed by atoms with E-state index in [0.29, 0.717) is 19.6 Å². The maximum absolute atomic E-state index is 13.4. The monoisotopic (exact) mass is 620 g/mol. The van der Waals surface area contributed by atoms with Crippen molar-refractivity contribution < 1.29 is 27.3 Å². The molecule has 0 spiro atoms. The van der Waals surface area contributed by atoms with Gasteiger partial charge in [-0.1, -0.05) is 109 Å². The summed E-state index contributed by atoms with van der Waals surface area (Å²) < 4.78 is 36.7. The second kappa shape index (κ2) is 14.4. The van der Waals surface area contributed by atoms with Crippen molar-refractivity contribution in [2.24, 2.45) is 11.8 Å². The summed E-state index contributed by atoms with van der Waals surface area (Å²) in [6, 6.07) is 21.1. The molecule has 0 unspecified atom stereocenters. The maximum Gasteiger partial charge on any atom is 0.337 e. The Balaban J connectivity index is 2.42. The minimum Gasteiger partial charge on any atom is -0.417 e. The molecule has 41 heavy (non-hydrogen) atoms. The van der Waals surface area contributed by atoms with E-state index in [1.807, 2.05) is 19.1 Å². The van der Waals surface area contributed by atoms with Gasteiger partial charge in [0.15, 0.2) is 8.32 Å². The van der Waals surface area contributed by atoms with E-state index in [4.69, 9.17) is 17.9 Å². The van der Waals surface area contributed by atoms with Crippen LogP contribution < -0.4 is 10.4 Å². The molecule has 0 amide bonds. The summed E-state index contributed by atoms with van der Waals surface area (Å²) in [6.45, 7) is 20.7. The van der Waals surface area contributed by atoms with Crippen LogP contribution in [0.3, 0.4) is 0 Å². The average molecular weight is 621 g/mol. The average Bonchev–Trinajstić information content (AvgIpc) is 2.92. The van der Waals surface area contributed by atoms with Crippen LogP contribution >= 0.6 is 7.60 Å². The van der Waals surface area contributed by atoms with Gasteiger partial charge in [0.1, 0.15) is 11.9 Å². The standard InChI is InChI=1S/C32H53O6PSi2/c1-26(30(33)25-39(34,35-8)36-9)27(24-38-40(10,11)31(2,3)4)22-23-37-41(32(5,6)7,28-18-14-12-15-19-28)29-20-16-13-17-21-29/h12-21,26-27H,22-25H2,1-11H3/t26-,27+/m0/s1. The highest BCUT2D eigenvalue weighted by molar-refractivity contribution is 7.54. The molecule has 0 N–H and O–H groups in total. The summed E-state index contributed by atoms with van der Waals surface area (Å²) in [5, 5.41) is 2.34. The number of hydrogen-bond acceptors (Lipinski definition) is 6. The SMILES string of the molecule is COP(=O)(CC(=O)[C@@H](C)[C@H](CCO[Si](c1ccccc1)(c1ccccc1)C(C)(C)C)CO[Si](C)(C)C(C)(C)C)OC. The first kappa shape index (κ1) is 35.8. The Morgan fingerprint density at radius 2 is 1.27 bits per heavy atom. The first-order valence-corrected chi connectivity index (χ1v) is 21.1. The van der Waals surface area contributed by atoms with Gasteiger partial charge in [0.2, 0.25) is 0 Å². The summed E-state index contributed by atoms with van der Waals surface area (Å²) in [5.74, 6) is -0.663. The highest BCUT2D eigenvalue weighted by Gasteiger charge is 2.50. The molecule has 2 rings (SSSR count). The van der Waals surface area contributed by atoms with E-state index >= 15 is 0 Å². The van der Waals surface area contributed by atoms with Gasteiger partial charge in [0.25, 0.3) is 8.32 Å². The Hall–Kier alpha value is -1.39. The molecule has 0 fully saturated rings. The lowest BCUT2D eigenvalue weighted by molar-refractivity contribution is -0.122. The molecular formula is C32H53O6PSi2. The summed E-state index contributed by atoms with van der Waals surface area (Å²) in [5.41, 5.74) is 0. The van der Waals surface area contributed by atoms with Gasteiger partial charge in [0, 0.05) is 33.4 Å². The summed E-state index contributed by atoms with van der Waals surface area (Å²) in [6.07, 6.45) is 0.379. The fourth-order valence-corrected chi connectivity index (χ4v) is 11.7. The summed E-state index contributed by atoms with van der Waals surface area (Å²) in [4.78, 5) is 13.4. The second-order valence-corrected chi connectivity index (χ2v) is 24.9. The molecule has 0 saturated heterocycles. The van der Waals surface area contributed by atoms with Gasteiger partial charge in [-0.15, -0.1) is 0 Å². The lowest BCUT2D eigenvalue weighted by Gasteiger charge is -2.43. The van der Waals surface area contributed by atoms with Crippen LogP contribution in [0.1, 0.15) is 54.9 Å². The van der Waals surface area contributed by atoms with E-state index in [1.165, 1.54) is 24.6 Å². The van der Waals surface area contributed by atoms with Crippen molar-refractivity contribution in [2.45, 2.75) is 78.1 Å². The van der Waals surface area contributed by atoms with Gasteiger partial charge >= 0.3 is 7.60 Å². The number of carbonyl (C=O) groups excluding carboxylic acids is 1. The molecule has 0 aromatic heterocycles. The predicted octanol–water partition coefficient (Wildman–Crippen LogP) is 7.28. The number of rotatable bonds is 15. The fraction of sp³-hybridized carbons (Fsp3) is 0.594. The third-order valence-electron chi connectivity index (χ3n) is 8.81. The lowest BCUT2D eigenvalue weighted by Crippen LogP contribution is -2.66. The van der Waals surface area contributed by atoms with Crippen molar-refractivity contribution in [3.63, 3.8) is 0 Å². The van der Waals surface area contributed by atoms with Crippen molar-refractivity contribution in [1.82, 2.24) is 0 Å². The predicted molar refractivity (Wildman–Crippen MR) is 175 cm³/mol. The van der Waals surface area contributed by atoms with Crippen LogP contribution in [0.2, 0.25) is 23.2 Å². The van der Waals surface area contributed by atoms with E-state index < -0.39 is 30.1 Å². The van der Waals surface area contributed by atoms with E-state index in [0.717, 1.165) is 0 Å². The van der Waals surface area contributed by atoms with Crippen molar-refractivity contribution in [3.05, 3.63) is 60.7 Å². The fourth-order valence-electron chi connectivity index (χ4n) is 4.94. The summed E-state index contributed by atoms with van der Waals surface area (Å²) in [7, 11) is -5.62. The molecule has 9 heteroatoms. The van der Waals surface area contributed by atoms with E-state index in [1.54, 1.807) is 0 Å². The Bertz CT molecular complexity index is 1090. The van der Waals surface area contributed by atoms with Crippen molar-refractivity contribution in [3.8, 4) is 0 Å². The van der Waals surface area contributed by atoms with E-state index in [2.05, 4.69) is 103 Å². The molecule has 0 bridgehead atoms. The lowest BCUT2D eigenvalue weighted by atomic mass is 9.89. The molecule has 2 aromatic rings. The molecular weight excluding hydrogens is 567 g/mol. The molecule has 230 valence electrons. The molecule has 2 atom stereocenters. The third kappa shape index (κ3) is 8.82. The topological polar surface area (TPSA) is 71.1 Å². The number of Topliss-reactive ketones (excluding diaryl/α,β-unsaturated/α-hetero) is 1. The first-order valence-electron chi connectivity index (χ1n) is 14.6. The number of benzene rings is 2. The zero-order valence-corrected chi connectivity index (χ0v) is 30.0. The Labute approximate surface area is 251 Å². The van der Waals surface area contributed by atoms with Gasteiger partial charge in [-0.25, -0.2) is 0 Å². The van der Waals surface area contributed by atoms with Crippen LogP contribution in [0.15, 0.2) is 60.7 Å². The van der Waals surface area contributed by atoms with Crippen LogP contribution in [-0.2, 0) is 27.3 Å². The molecule has 0 radical (unpaired) electrons. The van der Waals surface area contributed by atoms with Crippen LogP contribution in [0.25, 0.3) is 0 Å². The largest absolute Gasteiger partial charge is 0.417 e. The molecule has 0 aliphatic heterocycles. The van der Waals surface area contributed by atoms with Crippen molar-refractivity contribution in [2.75, 3.05) is 33.6 Å². The number of carbonyl (C=O) groups is 1. The first-order chi connectivity index (χ1) is 18.9. The minimum absolute atomic E-state index is 0.0397. The smallest absolute Gasteiger partial charge is 0.337 e. The second-order valence-electron chi connectivity index (χ2n) is 13.5. The highest BCUT2D eigenvalue weighted by Crippen LogP contribution is 2.47. The zero-order valence-electron chi connectivity index (χ0n) is 27.2. The van der Waals surface area contributed by atoms with Crippen molar-refractivity contribution >= 4 is 40.4 Å². The van der Waals surface area contributed by atoms with Gasteiger partial charge in [0.05, 0.1) is 0 Å². The summed E-state index contributed by atoms with van der Waals surface area (Å²) >= 11 is 0. The van der Waals surface area contributed by atoms with E-state index in [9.17, 15) is 9.36 Å². The van der Waals surface area contributed by atoms with Crippen LogP contribution in [-0.4, -0.2) is 56.0 Å². The highest BCUT2D eigenvalue weighted by atomic mass is 31.2. The minimum atomic E-state index is -3.47. The molecule has 0 aliphatic rings.